The maximum absolute atomic E-state index is 13.2. The fourth-order valence-electron chi connectivity index (χ4n) is 4.47. The second-order valence-electron chi connectivity index (χ2n) is 8.92. The summed E-state index contributed by atoms with van der Waals surface area (Å²) in [5.74, 6) is 1.80. The van der Waals surface area contributed by atoms with Crippen molar-refractivity contribution in [3.8, 4) is 11.4 Å². The molecule has 2 aromatic carbocycles. The predicted molar refractivity (Wildman–Crippen MR) is 130 cm³/mol. The Morgan fingerprint density at radius 1 is 0.970 bits per heavy atom. The molecule has 0 radical (unpaired) electrons. The van der Waals surface area contributed by atoms with Crippen LogP contribution in [0.2, 0.25) is 0 Å². The van der Waals surface area contributed by atoms with Gasteiger partial charge in [-0.1, -0.05) is 56.3 Å². The summed E-state index contributed by atoms with van der Waals surface area (Å²) in [6, 6.07) is 16.2. The summed E-state index contributed by atoms with van der Waals surface area (Å²) in [6.07, 6.45) is 1.17. The number of carbonyl (C=O) groups excluding carboxylic acids is 1. The standard InChI is InChI=1S/C27H31FN4O/c1-19(2)25-20(3)29-26(22-8-5-4-6-9-22)30-27(25)32-15-7-14-31(16-17-32)24(33)18-21-10-12-23(28)13-11-21/h4-6,8-13,19H,7,14-18H2,1-3H3. The van der Waals surface area contributed by atoms with Gasteiger partial charge in [0.1, 0.15) is 11.6 Å². The molecule has 172 valence electrons. The van der Waals surface area contributed by atoms with Gasteiger partial charge in [-0.15, -0.1) is 0 Å². The molecule has 0 saturated carbocycles. The Morgan fingerprint density at radius 2 is 1.70 bits per heavy atom. The molecular weight excluding hydrogens is 415 g/mol. The maximum atomic E-state index is 13.2. The van der Waals surface area contributed by atoms with E-state index in [0.29, 0.717) is 25.4 Å². The molecule has 2 heterocycles. The van der Waals surface area contributed by atoms with Gasteiger partial charge in [0, 0.05) is 43.0 Å². The summed E-state index contributed by atoms with van der Waals surface area (Å²) in [4.78, 5) is 27.0. The molecule has 0 bridgehead atoms. The van der Waals surface area contributed by atoms with E-state index in [9.17, 15) is 9.18 Å². The molecule has 0 N–H and O–H groups in total. The van der Waals surface area contributed by atoms with Crippen molar-refractivity contribution in [2.75, 3.05) is 31.1 Å². The summed E-state index contributed by atoms with van der Waals surface area (Å²) < 4.78 is 13.2. The highest BCUT2D eigenvalue weighted by molar-refractivity contribution is 5.79. The molecule has 1 fully saturated rings. The van der Waals surface area contributed by atoms with Gasteiger partial charge < -0.3 is 9.80 Å². The third-order valence-electron chi connectivity index (χ3n) is 6.14. The number of amides is 1. The van der Waals surface area contributed by atoms with Crippen LogP contribution in [0.15, 0.2) is 54.6 Å². The normalized spacial score (nSPS) is 14.5. The third-order valence-corrected chi connectivity index (χ3v) is 6.14. The van der Waals surface area contributed by atoms with Gasteiger partial charge in [0.2, 0.25) is 5.91 Å². The zero-order valence-corrected chi connectivity index (χ0v) is 19.6. The van der Waals surface area contributed by atoms with Crippen molar-refractivity contribution in [2.24, 2.45) is 0 Å². The Kier molecular flexibility index (Phi) is 7.02. The van der Waals surface area contributed by atoms with Gasteiger partial charge in [-0.05, 0) is 37.0 Å². The molecular formula is C27H31FN4O. The average Bonchev–Trinajstić information content (AvgIpc) is 3.07. The molecule has 5 nitrogen and oxygen atoms in total. The summed E-state index contributed by atoms with van der Waals surface area (Å²) >= 11 is 0. The molecule has 6 heteroatoms. The van der Waals surface area contributed by atoms with Gasteiger partial charge in [0.15, 0.2) is 5.82 Å². The van der Waals surface area contributed by atoms with E-state index in [4.69, 9.17) is 9.97 Å². The van der Waals surface area contributed by atoms with Crippen LogP contribution in [-0.4, -0.2) is 47.0 Å². The van der Waals surface area contributed by atoms with Gasteiger partial charge in [-0.3, -0.25) is 4.79 Å². The van der Waals surface area contributed by atoms with Gasteiger partial charge in [-0.25, -0.2) is 14.4 Å². The lowest BCUT2D eigenvalue weighted by Gasteiger charge is -2.27. The minimum atomic E-state index is -0.285. The zero-order chi connectivity index (χ0) is 23.4. The predicted octanol–water partition coefficient (Wildman–Crippen LogP) is 5.00. The van der Waals surface area contributed by atoms with Crippen LogP contribution in [0.1, 0.15) is 43.0 Å². The van der Waals surface area contributed by atoms with Crippen molar-refractivity contribution < 1.29 is 9.18 Å². The number of hydrogen-bond donors (Lipinski definition) is 0. The number of halogens is 1. The Labute approximate surface area is 195 Å². The van der Waals surface area contributed by atoms with Crippen LogP contribution in [-0.2, 0) is 11.2 Å². The Morgan fingerprint density at radius 3 is 2.39 bits per heavy atom. The van der Waals surface area contributed by atoms with Gasteiger partial charge in [0.05, 0.1) is 6.42 Å². The largest absolute Gasteiger partial charge is 0.354 e. The minimum Gasteiger partial charge on any atom is -0.354 e. The van der Waals surface area contributed by atoms with Crippen molar-refractivity contribution in [2.45, 2.75) is 39.5 Å². The molecule has 0 spiro atoms. The van der Waals surface area contributed by atoms with Crippen molar-refractivity contribution >= 4 is 11.7 Å². The first-order valence-corrected chi connectivity index (χ1v) is 11.6. The zero-order valence-electron chi connectivity index (χ0n) is 19.6. The molecule has 0 aliphatic carbocycles. The van der Waals surface area contributed by atoms with Gasteiger partial charge in [0.25, 0.3) is 0 Å². The smallest absolute Gasteiger partial charge is 0.227 e. The van der Waals surface area contributed by atoms with Crippen molar-refractivity contribution in [1.29, 1.82) is 0 Å². The number of rotatable bonds is 5. The summed E-state index contributed by atoms with van der Waals surface area (Å²) in [5.41, 5.74) is 4.01. The second kappa shape index (κ2) is 10.1. The van der Waals surface area contributed by atoms with Crippen LogP contribution in [0.5, 0.6) is 0 Å². The molecule has 1 aliphatic rings. The van der Waals surface area contributed by atoms with Crippen LogP contribution >= 0.6 is 0 Å². The van der Waals surface area contributed by atoms with E-state index in [1.54, 1.807) is 12.1 Å². The lowest BCUT2D eigenvalue weighted by atomic mass is 10.0. The van der Waals surface area contributed by atoms with E-state index < -0.39 is 0 Å². The minimum absolute atomic E-state index is 0.0800. The van der Waals surface area contributed by atoms with Crippen LogP contribution < -0.4 is 4.90 Å². The number of nitrogens with zero attached hydrogens (tertiary/aromatic N) is 4. The third kappa shape index (κ3) is 5.38. The highest BCUT2D eigenvalue weighted by Crippen LogP contribution is 2.31. The fourth-order valence-corrected chi connectivity index (χ4v) is 4.47. The van der Waals surface area contributed by atoms with Crippen molar-refractivity contribution in [3.05, 3.63) is 77.2 Å². The van der Waals surface area contributed by atoms with Crippen molar-refractivity contribution in [1.82, 2.24) is 14.9 Å². The highest BCUT2D eigenvalue weighted by atomic mass is 19.1. The summed E-state index contributed by atoms with van der Waals surface area (Å²) in [6.45, 7) is 9.32. The van der Waals surface area contributed by atoms with Crippen LogP contribution in [0.25, 0.3) is 11.4 Å². The van der Waals surface area contributed by atoms with E-state index in [-0.39, 0.29) is 11.7 Å². The molecule has 1 aromatic heterocycles. The van der Waals surface area contributed by atoms with E-state index in [2.05, 4.69) is 25.7 Å². The lowest BCUT2D eigenvalue weighted by molar-refractivity contribution is -0.130. The number of hydrogen-bond acceptors (Lipinski definition) is 4. The first-order chi connectivity index (χ1) is 15.9. The lowest BCUT2D eigenvalue weighted by Crippen LogP contribution is -2.36. The van der Waals surface area contributed by atoms with Crippen LogP contribution in [0.3, 0.4) is 0 Å². The number of aromatic nitrogens is 2. The molecule has 3 aromatic rings. The summed E-state index contributed by atoms with van der Waals surface area (Å²) in [5, 5.41) is 0. The SMILES string of the molecule is Cc1nc(-c2ccccc2)nc(N2CCCN(C(=O)Cc3ccc(F)cc3)CC2)c1C(C)C. The second-order valence-corrected chi connectivity index (χ2v) is 8.92. The van der Waals surface area contributed by atoms with E-state index in [1.807, 2.05) is 35.2 Å². The first-order valence-electron chi connectivity index (χ1n) is 11.6. The molecule has 33 heavy (non-hydrogen) atoms. The van der Waals surface area contributed by atoms with Gasteiger partial charge in [-0.2, -0.15) is 0 Å². The Balaban J connectivity index is 1.55. The molecule has 4 rings (SSSR count). The van der Waals surface area contributed by atoms with Crippen molar-refractivity contribution in [3.63, 3.8) is 0 Å². The molecule has 0 unspecified atom stereocenters. The van der Waals surface area contributed by atoms with E-state index in [1.165, 1.54) is 17.7 Å². The molecule has 1 saturated heterocycles. The molecule has 0 atom stereocenters. The Bertz CT molecular complexity index is 1100. The molecule has 1 amide bonds. The monoisotopic (exact) mass is 446 g/mol. The number of benzene rings is 2. The topological polar surface area (TPSA) is 49.3 Å². The fraction of sp³-hybridized carbons (Fsp3) is 0.370. The average molecular weight is 447 g/mol. The number of carbonyl (C=O) groups is 1. The van der Waals surface area contributed by atoms with E-state index in [0.717, 1.165) is 48.0 Å². The van der Waals surface area contributed by atoms with Crippen LogP contribution in [0.4, 0.5) is 10.2 Å². The molecule has 1 aliphatic heterocycles. The Hall–Kier alpha value is -3.28. The van der Waals surface area contributed by atoms with Crippen LogP contribution in [0, 0.1) is 12.7 Å². The highest BCUT2D eigenvalue weighted by Gasteiger charge is 2.24. The maximum Gasteiger partial charge on any atom is 0.227 e. The number of aryl methyl sites for hydroxylation is 1. The quantitative estimate of drug-likeness (QED) is 0.554. The summed E-state index contributed by atoms with van der Waals surface area (Å²) in [7, 11) is 0. The van der Waals surface area contributed by atoms with Gasteiger partial charge >= 0.3 is 0 Å². The first kappa shape index (κ1) is 22.9. The number of anilines is 1. The van der Waals surface area contributed by atoms with E-state index >= 15 is 0 Å².